The van der Waals surface area contributed by atoms with Crippen LogP contribution in [0.3, 0.4) is 0 Å². The quantitative estimate of drug-likeness (QED) is 0.608. The van der Waals surface area contributed by atoms with Gasteiger partial charge in [0.05, 0.1) is 24.5 Å². The van der Waals surface area contributed by atoms with Gasteiger partial charge >= 0.3 is 6.43 Å². The predicted molar refractivity (Wildman–Crippen MR) is 80.9 cm³/mol. The van der Waals surface area contributed by atoms with Gasteiger partial charge in [0.1, 0.15) is 9.88 Å². The molecule has 7 nitrogen and oxygen atoms in total. The molecular weight excluding hydrogens is 340 g/mol. The van der Waals surface area contributed by atoms with Crippen molar-refractivity contribution in [2.45, 2.75) is 13.0 Å². The maximum Gasteiger partial charge on any atom is 0.314 e. The molecule has 24 heavy (non-hydrogen) atoms. The van der Waals surface area contributed by atoms with E-state index in [0.717, 1.165) is 10.9 Å². The number of thiazole rings is 1. The van der Waals surface area contributed by atoms with E-state index < -0.39 is 12.3 Å². The Kier molecular flexibility index (Phi) is 3.45. The van der Waals surface area contributed by atoms with Crippen LogP contribution in [0.5, 0.6) is 5.88 Å². The molecule has 10 heteroatoms. The molecule has 4 rings (SSSR count). The molecule has 0 saturated carbocycles. The fraction of sp³-hybridized carbons (Fsp3) is 0.143. The van der Waals surface area contributed by atoms with Crippen molar-refractivity contribution < 1.29 is 18.3 Å². The second kappa shape index (κ2) is 5.64. The van der Waals surface area contributed by atoms with Crippen LogP contribution in [0.25, 0.3) is 21.7 Å². The summed E-state index contributed by atoms with van der Waals surface area (Å²) in [5, 5.41) is 18.5. The van der Waals surface area contributed by atoms with Crippen LogP contribution in [0.2, 0.25) is 0 Å². The number of hydrogen-bond acceptors (Lipinski definition) is 7. The Hall–Kier alpha value is -2.88. The lowest BCUT2D eigenvalue weighted by molar-refractivity contribution is 0.116. The molecule has 0 fully saturated rings. The summed E-state index contributed by atoms with van der Waals surface area (Å²) in [6.45, 7) is 0.307. The topological polar surface area (TPSA) is 89.9 Å². The van der Waals surface area contributed by atoms with Gasteiger partial charge < -0.3 is 14.1 Å². The minimum Gasteiger partial charge on any atom is -0.494 e. The van der Waals surface area contributed by atoms with Crippen LogP contribution < -0.4 is 0 Å². The second-order valence-electron chi connectivity index (χ2n) is 4.89. The molecule has 0 spiro atoms. The molecule has 0 atom stereocenters. The Bertz CT molecular complexity index is 1010. The first-order chi connectivity index (χ1) is 11.6. The van der Waals surface area contributed by atoms with Crippen molar-refractivity contribution in [3.05, 3.63) is 41.6 Å². The SMILES string of the molecule is Oc1cc2ccncc2n1Cc1ncc(-c2nnc(C(F)F)o2)s1. The third kappa shape index (κ3) is 2.50. The van der Waals surface area contributed by atoms with Gasteiger partial charge in [-0.1, -0.05) is 0 Å². The molecule has 0 bridgehead atoms. The van der Waals surface area contributed by atoms with Crippen LogP contribution in [0.15, 0.2) is 35.1 Å². The van der Waals surface area contributed by atoms with E-state index in [2.05, 4.69) is 20.2 Å². The van der Waals surface area contributed by atoms with Gasteiger partial charge in [-0.15, -0.1) is 21.5 Å². The lowest BCUT2D eigenvalue weighted by Crippen LogP contribution is -1.98. The first-order valence-electron chi connectivity index (χ1n) is 6.80. The highest BCUT2D eigenvalue weighted by atomic mass is 32.1. The Morgan fingerprint density at radius 3 is 2.96 bits per heavy atom. The zero-order valence-corrected chi connectivity index (χ0v) is 12.7. The fourth-order valence-corrected chi connectivity index (χ4v) is 3.12. The largest absolute Gasteiger partial charge is 0.494 e. The second-order valence-corrected chi connectivity index (χ2v) is 6.00. The molecule has 0 radical (unpaired) electrons. The Morgan fingerprint density at radius 2 is 2.17 bits per heavy atom. The van der Waals surface area contributed by atoms with Gasteiger partial charge in [0, 0.05) is 17.6 Å². The van der Waals surface area contributed by atoms with Crippen LogP contribution >= 0.6 is 11.3 Å². The van der Waals surface area contributed by atoms with Crippen LogP contribution in [0, 0.1) is 0 Å². The van der Waals surface area contributed by atoms with Gasteiger partial charge in [-0.25, -0.2) is 4.98 Å². The molecule has 0 aliphatic heterocycles. The van der Waals surface area contributed by atoms with Crippen LogP contribution in [0.1, 0.15) is 17.3 Å². The predicted octanol–water partition coefficient (Wildman–Crippen LogP) is 3.23. The summed E-state index contributed by atoms with van der Waals surface area (Å²) in [7, 11) is 0. The van der Waals surface area contributed by atoms with Crippen molar-refractivity contribution in [3.8, 4) is 16.6 Å². The van der Waals surface area contributed by atoms with Gasteiger partial charge in [0.15, 0.2) is 5.88 Å². The first-order valence-corrected chi connectivity index (χ1v) is 7.62. The monoisotopic (exact) mass is 349 g/mol. The number of halogens is 2. The van der Waals surface area contributed by atoms with Crippen molar-refractivity contribution >= 4 is 22.2 Å². The number of aromatic hydroxyl groups is 1. The summed E-state index contributed by atoms with van der Waals surface area (Å²) in [4.78, 5) is 8.75. The van der Waals surface area contributed by atoms with Crippen LogP contribution in [0.4, 0.5) is 8.78 Å². The number of fused-ring (bicyclic) bond motifs is 1. The molecule has 0 aliphatic rings. The summed E-state index contributed by atoms with van der Waals surface area (Å²) in [5.41, 5.74) is 0.768. The Labute approximate surface area is 137 Å². The van der Waals surface area contributed by atoms with Gasteiger partial charge in [-0.3, -0.25) is 4.98 Å². The van der Waals surface area contributed by atoms with Crippen molar-refractivity contribution in [3.63, 3.8) is 0 Å². The third-order valence-electron chi connectivity index (χ3n) is 3.37. The number of rotatable bonds is 4. The summed E-state index contributed by atoms with van der Waals surface area (Å²) in [6, 6.07) is 3.43. The maximum atomic E-state index is 12.5. The summed E-state index contributed by atoms with van der Waals surface area (Å²) in [5.74, 6) is -0.634. The number of pyridine rings is 1. The van der Waals surface area contributed by atoms with E-state index in [9.17, 15) is 13.9 Å². The standard InChI is InChI=1S/C14H9F2N5O2S/c15-12(16)14-20-19-13(23-14)9-5-18-10(24-9)6-21-8-4-17-2-1-7(8)3-11(21)22/h1-5,12,22H,6H2. The number of hydrogen-bond donors (Lipinski definition) is 1. The lowest BCUT2D eigenvalue weighted by Gasteiger charge is -2.03. The van der Waals surface area contributed by atoms with E-state index >= 15 is 0 Å². The van der Waals surface area contributed by atoms with Gasteiger partial charge in [-0.05, 0) is 6.07 Å². The molecule has 1 N–H and O–H groups in total. The van der Waals surface area contributed by atoms with E-state index in [-0.39, 0.29) is 11.8 Å². The smallest absolute Gasteiger partial charge is 0.314 e. The molecule has 0 unspecified atom stereocenters. The van der Waals surface area contributed by atoms with E-state index in [1.807, 2.05) is 0 Å². The molecule has 0 amide bonds. The van der Waals surface area contributed by atoms with Crippen molar-refractivity contribution in [2.75, 3.05) is 0 Å². The van der Waals surface area contributed by atoms with Crippen LogP contribution in [-0.4, -0.2) is 29.8 Å². The van der Waals surface area contributed by atoms with Crippen molar-refractivity contribution in [2.24, 2.45) is 0 Å². The zero-order chi connectivity index (χ0) is 16.7. The zero-order valence-electron chi connectivity index (χ0n) is 11.9. The van der Waals surface area contributed by atoms with E-state index in [1.54, 1.807) is 29.1 Å². The molecule has 0 aromatic carbocycles. The first kappa shape index (κ1) is 14.7. The minimum atomic E-state index is -2.81. The van der Waals surface area contributed by atoms with E-state index in [1.165, 1.54) is 17.5 Å². The van der Waals surface area contributed by atoms with Crippen LogP contribution in [-0.2, 0) is 6.54 Å². The number of nitrogens with zero attached hydrogens (tertiary/aromatic N) is 5. The highest BCUT2D eigenvalue weighted by Gasteiger charge is 2.19. The van der Waals surface area contributed by atoms with Crippen molar-refractivity contribution in [1.82, 2.24) is 24.7 Å². The van der Waals surface area contributed by atoms with Crippen molar-refractivity contribution in [1.29, 1.82) is 0 Å². The normalized spacial score (nSPS) is 11.6. The summed E-state index contributed by atoms with van der Waals surface area (Å²) < 4.78 is 31.6. The average Bonchev–Trinajstić information content (AvgIpc) is 3.27. The molecule has 122 valence electrons. The summed E-state index contributed by atoms with van der Waals surface area (Å²) >= 11 is 1.22. The Balaban J connectivity index is 1.64. The average molecular weight is 349 g/mol. The lowest BCUT2D eigenvalue weighted by atomic mass is 10.3. The van der Waals surface area contributed by atoms with Gasteiger partial charge in [0.25, 0.3) is 11.8 Å². The van der Waals surface area contributed by atoms with E-state index in [4.69, 9.17) is 4.42 Å². The molecule has 4 aromatic heterocycles. The van der Waals surface area contributed by atoms with Gasteiger partial charge in [-0.2, -0.15) is 8.78 Å². The summed E-state index contributed by atoms with van der Waals surface area (Å²) in [6.07, 6.45) is 1.96. The van der Waals surface area contributed by atoms with Gasteiger partial charge in [0.2, 0.25) is 0 Å². The molecule has 4 aromatic rings. The highest BCUT2D eigenvalue weighted by Crippen LogP contribution is 2.30. The highest BCUT2D eigenvalue weighted by molar-refractivity contribution is 7.15. The molecule has 4 heterocycles. The molecular formula is C14H9F2N5O2S. The Morgan fingerprint density at radius 1 is 1.29 bits per heavy atom. The fourth-order valence-electron chi connectivity index (χ4n) is 2.29. The van der Waals surface area contributed by atoms with E-state index in [0.29, 0.717) is 16.4 Å². The molecule has 0 saturated heterocycles. The molecule has 0 aliphatic carbocycles. The maximum absolute atomic E-state index is 12.5. The number of aromatic nitrogens is 5. The minimum absolute atomic E-state index is 0.00250. The number of alkyl halides is 2. The third-order valence-corrected chi connectivity index (χ3v) is 4.34.